The summed E-state index contributed by atoms with van der Waals surface area (Å²) in [4.78, 5) is 12.3. The van der Waals surface area contributed by atoms with Crippen LogP contribution in [0.2, 0.25) is 0 Å². The van der Waals surface area contributed by atoms with Gasteiger partial charge >= 0.3 is 0 Å². The molecule has 0 aliphatic carbocycles. The van der Waals surface area contributed by atoms with E-state index in [1.807, 2.05) is 43.3 Å². The van der Waals surface area contributed by atoms with E-state index in [1.165, 1.54) is 5.52 Å². The maximum absolute atomic E-state index is 12.3. The average molecular weight is 306 g/mol. The summed E-state index contributed by atoms with van der Waals surface area (Å²) < 4.78 is 2.24. The van der Waals surface area contributed by atoms with Crippen LogP contribution in [0.5, 0.6) is 0 Å². The molecule has 0 unspecified atom stereocenters. The molecule has 2 aromatic carbocycles. The summed E-state index contributed by atoms with van der Waals surface area (Å²) in [6, 6.07) is 16.2. The maximum atomic E-state index is 12.3. The van der Waals surface area contributed by atoms with E-state index in [0.717, 1.165) is 35.2 Å². The van der Waals surface area contributed by atoms with Crippen LogP contribution in [0.3, 0.4) is 0 Å². The average Bonchev–Trinajstić information content (AvgIpc) is 2.92. The number of nitrogens with zero attached hydrogens (tertiary/aromatic N) is 1. The monoisotopic (exact) mass is 306 g/mol. The number of hydrogen-bond donors (Lipinski definition) is 1. The zero-order valence-electron chi connectivity index (χ0n) is 13.7. The van der Waals surface area contributed by atoms with E-state index in [2.05, 4.69) is 35.1 Å². The minimum absolute atomic E-state index is 0.0200. The van der Waals surface area contributed by atoms with Crippen molar-refractivity contribution in [3.8, 4) is 0 Å². The normalized spacial score (nSPS) is 10.9. The first-order valence-electron chi connectivity index (χ1n) is 8.10. The minimum atomic E-state index is 0.0200. The van der Waals surface area contributed by atoms with Gasteiger partial charge in [-0.05, 0) is 48.7 Å². The molecule has 1 amide bonds. The molecular weight excluding hydrogens is 284 g/mol. The Hall–Kier alpha value is -2.55. The van der Waals surface area contributed by atoms with Crippen LogP contribution in [-0.2, 0) is 17.8 Å². The standard InChI is InChI=1S/C20H22N2O/c1-3-11-22-12-10-17-13-18(8-9-19(17)22)21-20(23)14-16-7-5-4-6-15(16)2/h4-10,12-13H,3,11,14H2,1-2H3,(H,21,23). The molecule has 0 aliphatic heterocycles. The van der Waals surface area contributed by atoms with Gasteiger partial charge in [0.2, 0.25) is 5.91 Å². The Bertz CT molecular complexity index is 833. The summed E-state index contributed by atoms with van der Waals surface area (Å²) >= 11 is 0. The predicted octanol–water partition coefficient (Wildman–Crippen LogP) is 4.54. The Morgan fingerprint density at radius 3 is 2.74 bits per heavy atom. The topological polar surface area (TPSA) is 34.0 Å². The number of aryl methyl sites for hydroxylation is 2. The lowest BCUT2D eigenvalue weighted by atomic mass is 10.1. The number of carbonyl (C=O) groups is 1. The van der Waals surface area contributed by atoms with Crippen molar-refractivity contribution in [1.82, 2.24) is 4.57 Å². The summed E-state index contributed by atoms with van der Waals surface area (Å²) in [5, 5.41) is 4.16. The summed E-state index contributed by atoms with van der Waals surface area (Å²) in [5.74, 6) is 0.0200. The van der Waals surface area contributed by atoms with Crippen molar-refractivity contribution in [3.63, 3.8) is 0 Å². The molecule has 3 heteroatoms. The minimum Gasteiger partial charge on any atom is -0.347 e. The first-order chi connectivity index (χ1) is 11.2. The van der Waals surface area contributed by atoms with Crippen molar-refractivity contribution in [3.05, 3.63) is 65.9 Å². The highest BCUT2D eigenvalue weighted by Gasteiger charge is 2.07. The first kappa shape index (κ1) is 15.3. The SMILES string of the molecule is CCCn1ccc2cc(NC(=O)Cc3ccccc3C)ccc21. The number of rotatable bonds is 5. The quantitative estimate of drug-likeness (QED) is 0.737. The molecule has 0 bridgehead atoms. The van der Waals surface area contributed by atoms with Gasteiger partial charge in [-0.2, -0.15) is 0 Å². The van der Waals surface area contributed by atoms with Gasteiger partial charge in [-0.25, -0.2) is 0 Å². The number of nitrogens with one attached hydrogen (secondary N) is 1. The highest BCUT2D eigenvalue weighted by Crippen LogP contribution is 2.21. The van der Waals surface area contributed by atoms with Crippen molar-refractivity contribution in [2.24, 2.45) is 0 Å². The lowest BCUT2D eigenvalue weighted by Crippen LogP contribution is -2.14. The number of benzene rings is 2. The van der Waals surface area contributed by atoms with Gasteiger partial charge in [-0.1, -0.05) is 31.2 Å². The fourth-order valence-corrected chi connectivity index (χ4v) is 2.90. The molecule has 1 N–H and O–H groups in total. The molecule has 0 aliphatic rings. The zero-order chi connectivity index (χ0) is 16.2. The molecule has 0 saturated heterocycles. The van der Waals surface area contributed by atoms with Crippen molar-refractivity contribution in [1.29, 1.82) is 0 Å². The van der Waals surface area contributed by atoms with Gasteiger partial charge in [-0.3, -0.25) is 4.79 Å². The van der Waals surface area contributed by atoms with Crippen LogP contribution < -0.4 is 5.32 Å². The van der Waals surface area contributed by atoms with E-state index in [4.69, 9.17) is 0 Å². The fraction of sp³-hybridized carbons (Fsp3) is 0.250. The maximum Gasteiger partial charge on any atom is 0.228 e. The van der Waals surface area contributed by atoms with Crippen molar-refractivity contribution in [2.75, 3.05) is 5.32 Å². The van der Waals surface area contributed by atoms with Crippen molar-refractivity contribution >= 4 is 22.5 Å². The second kappa shape index (κ2) is 6.69. The second-order valence-corrected chi connectivity index (χ2v) is 5.93. The Morgan fingerprint density at radius 1 is 1.13 bits per heavy atom. The molecule has 118 valence electrons. The first-order valence-corrected chi connectivity index (χ1v) is 8.10. The molecule has 0 radical (unpaired) electrons. The summed E-state index contributed by atoms with van der Waals surface area (Å²) in [5.41, 5.74) is 4.28. The predicted molar refractivity (Wildman–Crippen MR) is 95.7 cm³/mol. The second-order valence-electron chi connectivity index (χ2n) is 5.93. The van der Waals surface area contributed by atoms with Crippen molar-refractivity contribution in [2.45, 2.75) is 33.2 Å². The van der Waals surface area contributed by atoms with Gasteiger partial charge in [0, 0.05) is 29.3 Å². The van der Waals surface area contributed by atoms with Crippen LogP contribution in [0.25, 0.3) is 10.9 Å². The molecule has 0 atom stereocenters. The molecule has 1 aromatic heterocycles. The van der Waals surface area contributed by atoms with E-state index in [0.29, 0.717) is 6.42 Å². The third-order valence-corrected chi connectivity index (χ3v) is 4.13. The summed E-state index contributed by atoms with van der Waals surface area (Å²) in [6.07, 6.45) is 3.62. The van der Waals surface area contributed by atoms with Crippen LogP contribution >= 0.6 is 0 Å². The number of hydrogen-bond acceptors (Lipinski definition) is 1. The smallest absolute Gasteiger partial charge is 0.228 e. The lowest BCUT2D eigenvalue weighted by Gasteiger charge is -2.08. The van der Waals surface area contributed by atoms with E-state index >= 15 is 0 Å². The molecule has 0 saturated carbocycles. The molecule has 0 fully saturated rings. The van der Waals surface area contributed by atoms with Crippen LogP contribution in [0.15, 0.2) is 54.7 Å². The molecule has 1 heterocycles. The number of aromatic nitrogens is 1. The Kier molecular flexibility index (Phi) is 4.47. The Balaban J connectivity index is 1.74. The van der Waals surface area contributed by atoms with Gasteiger partial charge < -0.3 is 9.88 Å². The van der Waals surface area contributed by atoms with Crippen LogP contribution in [0, 0.1) is 6.92 Å². The Morgan fingerprint density at radius 2 is 1.96 bits per heavy atom. The van der Waals surface area contributed by atoms with Gasteiger partial charge in [0.25, 0.3) is 0 Å². The van der Waals surface area contributed by atoms with Gasteiger partial charge in [0.1, 0.15) is 0 Å². The number of fused-ring (bicyclic) bond motifs is 1. The molecular formula is C20H22N2O. The van der Waals surface area contributed by atoms with E-state index < -0.39 is 0 Å². The molecule has 3 rings (SSSR count). The van der Waals surface area contributed by atoms with E-state index in [-0.39, 0.29) is 5.91 Å². The Labute approximate surface area is 136 Å². The number of carbonyl (C=O) groups excluding carboxylic acids is 1. The fourth-order valence-electron chi connectivity index (χ4n) is 2.90. The molecule has 3 aromatic rings. The van der Waals surface area contributed by atoms with Crippen LogP contribution in [0.4, 0.5) is 5.69 Å². The summed E-state index contributed by atoms with van der Waals surface area (Å²) in [7, 11) is 0. The van der Waals surface area contributed by atoms with Crippen LogP contribution in [0.1, 0.15) is 24.5 Å². The zero-order valence-corrected chi connectivity index (χ0v) is 13.7. The number of amides is 1. The highest BCUT2D eigenvalue weighted by atomic mass is 16.1. The van der Waals surface area contributed by atoms with E-state index in [1.54, 1.807) is 0 Å². The third-order valence-electron chi connectivity index (χ3n) is 4.13. The van der Waals surface area contributed by atoms with Gasteiger partial charge in [-0.15, -0.1) is 0 Å². The third kappa shape index (κ3) is 3.45. The van der Waals surface area contributed by atoms with Crippen molar-refractivity contribution < 1.29 is 4.79 Å². The molecule has 0 spiro atoms. The van der Waals surface area contributed by atoms with Gasteiger partial charge in [0.05, 0.1) is 6.42 Å². The molecule has 3 nitrogen and oxygen atoms in total. The summed E-state index contributed by atoms with van der Waals surface area (Å²) in [6.45, 7) is 5.22. The molecule has 23 heavy (non-hydrogen) atoms. The highest BCUT2D eigenvalue weighted by molar-refractivity contribution is 5.95. The largest absolute Gasteiger partial charge is 0.347 e. The number of anilines is 1. The van der Waals surface area contributed by atoms with E-state index in [9.17, 15) is 4.79 Å². The lowest BCUT2D eigenvalue weighted by molar-refractivity contribution is -0.115. The van der Waals surface area contributed by atoms with Crippen LogP contribution in [-0.4, -0.2) is 10.5 Å². The van der Waals surface area contributed by atoms with Gasteiger partial charge in [0.15, 0.2) is 0 Å².